The summed E-state index contributed by atoms with van der Waals surface area (Å²) in [5.41, 5.74) is 2.83. The molecule has 1 atom stereocenters. The number of rotatable bonds is 7. The van der Waals surface area contributed by atoms with Crippen molar-refractivity contribution in [3.05, 3.63) is 35.4 Å². The molecule has 2 nitrogen and oxygen atoms in total. The molecule has 0 aliphatic carbocycles. The average Bonchev–Trinajstić information content (AvgIpc) is 2.28. The van der Waals surface area contributed by atoms with Crippen molar-refractivity contribution in [1.29, 1.82) is 0 Å². The van der Waals surface area contributed by atoms with Crippen molar-refractivity contribution in [2.45, 2.75) is 33.2 Å². The Labute approximate surface area is 112 Å². The van der Waals surface area contributed by atoms with Crippen LogP contribution in [0.25, 0.3) is 0 Å². The fourth-order valence-electron chi connectivity index (χ4n) is 2.26. The largest absolute Gasteiger partial charge is 0.309 e. The number of benzene rings is 1. The SMILES string of the molecule is CCNC(CN(C)C)c1ccc(CC(C)C)cc1. The minimum Gasteiger partial charge on any atom is -0.309 e. The summed E-state index contributed by atoms with van der Waals surface area (Å²) >= 11 is 0. The molecule has 102 valence electrons. The first-order chi connectivity index (χ1) is 8.52. The maximum absolute atomic E-state index is 3.55. The van der Waals surface area contributed by atoms with E-state index in [2.05, 4.69) is 69.3 Å². The van der Waals surface area contributed by atoms with E-state index < -0.39 is 0 Å². The topological polar surface area (TPSA) is 15.3 Å². The average molecular weight is 248 g/mol. The predicted octanol–water partition coefficient (Wildman–Crippen LogP) is 3.10. The summed E-state index contributed by atoms with van der Waals surface area (Å²) in [4.78, 5) is 2.23. The molecule has 0 heterocycles. The van der Waals surface area contributed by atoms with Crippen molar-refractivity contribution in [3.63, 3.8) is 0 Å². The maximum Gasteiger partial charge on any atom is 0.0448 e. The predicted molar refractivity (Wildman–Crippen MR) is 80.0 cm³/mol. The molecule has 0 radical (unpaired) electrons. The minimum absolute atomic E-state index is 0.429. The smallest absolute Gasteiger partial charge is 0.0448 e. The summed E-state index contributed by atoms with van der Waals surface area (Å²) < 4.78 is 0. The van der Waals surface area contributed by atoms with Crippen LogP contribution in [0.1, 0.15) is 37.9 Å². The first-order valence-electron chi connectivity index (χ1n) is 6.99. The van der Waals surface area contributed by atoms with Gasteiger partial charge >= 0.3 is 0 Å². The van der Waals surface area contributed by atoms with Gasteiger partial charge < -0.3 is 10.2 Å². The van der Waals surface area contributed by atoms with Gasteiger partial charge in [-0.3, -0.25) is 0 Å². The molecule has 0 amide bonds. The van der Waals surface area contributed by atoms with Gasteiger partial charge in [-0.25, -0.2) is 0 Å². The lowest BCUT2D eigenvalue weighted by Crippen LogP contribution is -2.31. The zero-order chi connectivity index (χ0) is 13.5. The van der Waals surface area contributed by atoms with E-state index in [-0.39, 0.29) is 0 Å². The highest BCUT2D eigenvalue weighted by molar-refractivity contribution is 5.25. The van der Waals surface area contributed by atoms with Gasteiger partial charge in [-0.2, -0.15) is 0 Å². The Kier molecular flexibility index (Phi) is 6.37. The van der Waals surface area contributed by atoms with Crippen LogP contribution in [0.2, 0.25) is 0 Å². The molecule has 2 heteroatoms. The molecule has 0 spiro atoms. The fourth-order valence-corrected chi connectivity index (χ4v) is 2.26. The Bertz CT molecular complexity index is 327. The fraction of sp³-hybridized carbons (Fsp3) is 0.625. The van der Waals surface area contributed by atoms with Crippen LogP contribution < -0.4 is 5.32 Å². The van der Waals surface area contributed by atoms with Crippen LogP contribution in [-0.4, -0.2) is 32.1 Å². The Hall–Kier alpha value is -0.860. The van der Waals surface area contributed by atoms with Crippen molar-refractivity contribution in [2.24, 2.45) is 5.92 Å². The Morgan fingerprint density at radius 2 is 1.72 bits per heavy atom. The number of hydrogen-bond acceptors (Lipinski definition) is 2. The van der Waals surface area contributed by atoms with Crippen LogP contribution in [0.4, 0.5) is 0 Å². The molecule has 0 saturated heterocycles. The van der Waals surface area contributed by atoms with Crippen molar-refractivity contribution in [2.75, 3.05) is 27.2 Å². The molecule has 0 aromatic heterocycles. The highest BCUT2D eigenvalue weighted by atomic mass is 15.1. The van der Waals surface area contributed by atoms with Crippen LogP contribution in [0.3, 0.4) is 0 Å². The number of nitrogens with one attached hydrogen (secondary N) is 1. The quantitative estimate of drug-likeness (QED) is 0.797. The lowest BCUT2D eigenvalue weighted by atomic mass is 9.99. The van der Waals surface area contributed by atoms with Crippen molar-refractivity contribution < 1.29 is 0 Å². The van der Waals surface area contributed by atoms with E-state index in [1.807, 2.05) is 0 Å². The second-order valence-corrected chi connectivity index (χ2v) is 5.71. The van der Waals surface area contributed by atoms with Crippen molar-refractivity contribution >= 4 is 0 Å². The molecule has 1 aromatic carbocycles. The number of hydrogen-bond donors (Lipinski definition) is 1. The standard InChI is InChI=1S/C16H28N2/c1-6-17-16(12-18(4)5)15-9-7-14(8-10-15)11-13(2)3/h7-10,13,16-17H,6,11-12H2,1-5H3. The van der Waals surface area contributed by atoms with Crippen LogP contribution in [0.15, 0.2) is 24.3 Å². The number of likely N-dealkylation sites (N-methyl/N-ethyl adjacent to an activating group) is 2. The molecule has 0 aliphatic heterocycles. The molecular formula is C16H28N2. The Morgan fingerprint density at radius 3 is 2.17 bits per heavy atom. The zero-order valence-corrected chi connectivity index (χ0v) is 12.5. The highest BCUT2D eigenvalue weighted by Gasteiger charge is 2.11. The monoisotopic (exact) mass is 248 g/mol. The third-order valence-corrected chi connectivity index (χ3v) is 3.02. The lowest BCUT2D eigenvalue weighted by Gasteiger charge is -2.22. The third-order valence-electron chi connectivity index (χ3n) is 3.02. The van der Waals surface area contributed by atoms with Gasteiger partial charge in [-0.15, -0.1) is 0 Å². The summed E-state index contributed by atoms with van der Waals surface area (Å²) in [5, 5.41) is 3.55. The van der Waals surface area contributed by atoms with Gasteiger partial charge in [0.05, 0.1) is 0 Å². The molecule has 1 N–H and O–H groups in total. The molecule has 0 aliphatic rings. The van der Waals surface area contributed by atoms with Gasteiger partial charge in [0, 0.05) is 12.6 Å². The zero-order valence-electron chi connectivity index (χ0n) is 12.5. The highest BCUT2D eigenvalue weighted by Crippen LogP contribution is 2.16. The molecular weight excluding hydrogens is 220 g/mol. The lowest BCUT2D eigenvalue weighted by molar-refractivity contribution is 0.345. The second-order valence-electron chi connectivity index (χ2n) is 5.71. The first-order valence-corrected chi connectivity index (χ1v) is 6.99. The summed E-state index contributed by atoms with van der Waals surface area (Å²) in [6.07, 6.45) is 1.17. The van der Waals surface area contributed by atoms with Gasteiger partial charge in [0.15, 0.2) is 0 Å². The van der Waals surface area contributed by atoms with Gasteiger partial charge in [-0.1, -0.05) is 45.0 Å². The molecule has 1 rings (SSSR count). The second kappa shape index (κ2) is 7.55. The van der Waals surface area contributed by atoms with E-state index in [1.54, 1.807) is 0 Å². The molecule has 0 fully saturated rings. The van der Waals surface area contributed by atoms with Gasteiger partial charge in [-0.05, 0) is 44.1 Å². The van der Waals surface area contributed by atoms with E-state index in [0.717, 1.165) is 19.0 Å². The maximum atomic E-state index is 3.55. The molecule has 0 saturated carbocycles. The molecule has 0 bridgehead atoms. The van der Waals surface area contributed by atoms with Crippen LogP contribution in [0.5, 0.6) is 0 Å². The Balaban J connectivity index is 2.73. The van der Waals surface area contributed by atoms with Crippen molar-refractivity contribution in [1.82, 2.24) is 10.2 Å². The van der Waals surface area contributed by atoms with E-state index >= 15 is 0 Å². The van der Waals surface area contributed by atoms with Gasteiger partial charge in [0.2, 0.25) is 0 Å². The summed E-state index contributed by atoms with van der Waals surface area (Å²) in [6.45, 7) is 8.74. The summed E-state index contributed by atoms with van der Waals surface area (Å²) in [5.74, 6) is 0.724. The molecule has 1 aromatic rings. The summed E-state index contributed by atoms with van der Waals surface area (Å²) in [7, 11) is 4.24. The van der Waals surface area contributed by atoms with E-state index in [4.69, 9.17) is 0 Å². The van der Waals surface area contributed by atoms with Crippen LogP contribution >= 0.6 is 0 Å². The third kappa shape index (κ3) is 5.19. The van der Waals surface area contributed by atoms with Gasteiger partial charge in [0.25, 0.3) is 0 Å². The van der Waals surface area contributed by atoms with E-state index in [0.29, 0.717) is 6.04 Å². The van der Waals surface area contributed by atoms with Gasteiger partial charge in [0.1, 0.15) is 0 Å². The Morgan fingerprint density at radius 1 is 1.11 bits per heavy atom. The first kappa shape index (κ1) is 15.2. The number of nitrogens with zero attached hydrogens (tertiary/aromatic N) is 1. The molecule has 18 heavy (non-hydrogen) atoms. The van der Waals surface area contributed by atoms with E-state index in [9.17, 15) is 0 Å². The molecule has 1 unspecified atom stereocenters. The minimum atomic E-state index is 0.429. The van der Waals surface area contributed by atoms with Crippen LogP contribution in [-0.2, 0) is 6.42 Å². The summed E-state index contributed by atoms with van der Waals surface area (Å²) in [6, 6.07) is 9.52. The van der Waals surface area contributed by atoms with Crippen molar-refractivity contribution in [3.8, 4) is 0 Å². The van der Waals surface area contributed by atoms with Crippen LogP contribution in [0, 0.1) is 5.92 Å². The van der Waals surface area contributed by atoms with E-state index in [1.165, 1.54) is 17.5 Å². The normalized spacial score (nSPS) is 13.3.